The van der Waals surface area contributed by atoms with Crippen molar-refractivity contribution in [3.05, 3.63) is 71.6 Å². The second kappa shape index (κ2) is 9.79. The molecule has 1 fully saturated rings. The van der Waals surface area contributed by atoms with E-state index < -0.39 is 0 Å². The van der Waals surface area contributed by atoms with Gasteiger partial charge in [-0.2, -0.15) is 0 Å². The lowest BCUT2D eigenvalue weighted by atomic mass is 9.90. The summed E-state index contributed by atoms with van der Waals surface area (Å²) in [5, 5.41) is 3.30. The molecule has 31 heavy (non-hydrogen) atoms. The zero-order valence-electron chi connectivity index (χ0n) is 18.0. The molecule has 0 aliphatic carbocycles. The Morgan fingerprint density at radius 3 is 2.81 bits per heavy atom. The maximum absolute atomic E-state index is 11.9. The zero-order valence-corrected chi connectivity index (χ0v) is 18.0. The van der Waals surface area contributed by atoms with Gasteiger partial charge >= 0.3 is 5.97 Å². The van der Waals surface area contributed by atoms with Crippen molar-refractivity contribution in [1.82, 2.24) is 10.3 Å². The molecule has 0 spiro atoms. The van der Waals surface area contributed by atoms with Crippen molar-refractivity contribution in [2.24, 2.45) is 11.8 Å². The predicted molar refractivity (Wildman–Crippen MR) is 118 cm³/mol. The third-order valence-corrected chi connectivity index (χ3v) is 5.83. The van der Waals surface area contributed by atoms with Crippen LogP contribution in [0.2, 0.25) is 0 Å². The van der Waals surface area contributed by atoms with Gasteiger partial charge in [-0.1, -0.05) is 30.3 Å². The number of ether oxygens (including phenoxy) is 2. The van der Waals surface area contributed by atoms with Gasteiger partial charge in [-0.15, -0.1) is 0 Å². The molecule has 2 aromatic carbocycles. The van der Waals surface area contributed by atoms with Gasteiger partial charge in [-0.05, 0) is 62.1 Å². The van der Waals surface area contributed by atoms with E-state index in [-0.39, 0.29) is 11.9 Å². The van der Waals surface area contributed by atoms with Crippen LogP contribution in [0, 0.1) is 18.8 Å². The van der Waals surface area contributed by atoms with Gasteiger partial charge in [-0.3, -0.25) is 4.79 Å². The highest BCUT2D eigenvalue weighted by atomic mass is 16.5. The molecule has 0 amide bonds. The van der Waals surface area contributed by atoms with Crippen LogP contribution < -0.4 is 10.1 Å². The van der Waals surface area contributed by atoms with Gasteiger partial charge in [0.2, 0.25) is 5.89 Å². The first-order valence-corrected chi connectivity index (χ1v) is 10.7. The maximum atomic E-state index is 11.9. The van der Waals surface area contributed by atoms with Crippen LogP contribution in [0.1, 0.15) is 23.4 Å². The Bertz CT molecular complexity index is 1020. The third kappa shape index (κ3) is 5.14. The zero-order chi connectivity index (χ0) is 21.6. The van der Waals surface area contributed by atoms with Crippen molar-refractivity contribution < 1.29 is 18.7 Å². The largest absolute Gasteiger partial charge is 0.487 e. The molecule has 1 saturated heterocycles. The molecule has 6 heteroatoms. The number of esters is 1. The molecule has 0 radical (unpaired) electrons. The molecule has 1 aromatic heterocycles. The van der Waals surface area contributed by atoms with Crippen LogP contribution in [-0.2, 0) is 22.6 Å². The second-order valence-corrected chi connectivity index (χ2v) is 7.91. The van der Waals surface area contributed by atoms with Crippen molar-refractivity contribution >= 4 is 5.97 Å². The number of methoxy groups -OCH3 is 1. The first-order valence-electron chi connectivity index (χ1n) is 10.7. The minimum atomic E-state index is -0.120. The monoisotopic (exact) mass is 420 g/mol. The summed E-state index contributed by atoms with van der Waals surface area (Å²) in [6, 6.07) is 18.0. The molecular weight excluding hydrogens is 392 g/mol. The number of hydrogen-bond acceptors (Lipinski definition) is 6. The number of aromatic nitrogens is 1. The molecule has 1 aliphatic heterocycles. The number of hydrogen-bond donors (Lipinski definition) is 1. The van der Waals surface area contributed by atoms with Crippen LogP contribution >= 0.6 is 0 Å². The summed E-state index contributed by atoms with van der Waals surface area (Å²) in [7, 11) is 1.46. The fourth-order valence-corrected chi connectivity index (χ4v) is 4.02. The number of carbonyl (C=O) groups excluding carboxylic acids is 1. The number of aryl methyl sites for hydroxylation is 2. The summed E-state index contributed by atoms with van der Waals surface area (Å²) in [4.78, 5) is 16.5. The van der Waals surface area contributed by atoms with Crippen molar-refractivity contribution in [3.63, 3.8) is 0 Å². The molecule has 162 valence electrons. The number of carbonyl (C=O) groups is 1. The highest BCUT2D eigenvalue weighted by Gasteiger charge is 2.33. The van der Waals surface area contributed by atoms with Crippen LogP contribution in [0.5, 0.6) is 5.75 Å². The third-order valence-electron chi connectivity index (χ3n) is 5.83. The molecule has 4 rings (SSSR count). The molecule has 0 unspecified atom stereocenters. The summed E-state index contributed by atoms with van der Waals surface area (Å²) < 4.78 is 16.8. The van der Waals surface area contributed by atoms with Crippen LogP contribution in [0.4, 0.5) is 0 Å². The lowest BCUT2D eigenvalue weighted by Crippen LogP contribution is -2.24. The molecule has 0 bridgehead atoms. The highest BCUT2D eigenvalue weighted by molar-refractivity contribution is 5.73. The van der Waals surface area contributed by atoms with Gasteiger partial charge in [-0.25, -0.2) is 4.98 Å². The average Bonchev–Trinajstić information content (AvgIpc) is 3.43. The average molecular weight is 421 g/mol. The predicted octanol–water partition coefficient (Wildman–Crippen LogP) is 4.17. The Labute approximate surface area is 182 Å². The van der Waals surface area contributed by atoms with Crippen molar-refractivity contribution in [3.8, 4) is 17.2 Å². The molecule has 1 N–H and O–H groups in total. The molecule has 3 aromatic rings. The Kier molecular flexibility index (Phi) is 6.67. The fraction of sp³-hybridized carbons (Fsp3) is 0.360. The van der Waals surface area contributed by atoms with E-state index in [0.29, 0.717) is 25.0 Å². The van der Waals surface area contributed by atoms with Crippen molar-refractivity contribution in [2.75, 3.05) is 20.2 Å². The second-order valence-electron chi connectivity index (χ2n) is 7.91. The number of rotatable bonds is 8. The van der Waals surface area contributed by atoms with Gasteiger partial charge in [0, 0.05) is 12.1 Å². The van der Waals surface area contributed by atoms with Crippen LogP contribution in [0.15, 0.2) is 59.0 Å². The standard InChI is InChI=1S/C25H28N2O4/c1-17-23(27-24(31-17)19-8-4-3-5-9-19)16-30-21-10-6-7-18(13-21)11-12-20-14-26-15-22(20)25(28)29-2/h3-10,13,20,22,26H,11-12,14-16H2,1-2H3/t20-,22+/m1/s1. The van der Waals surface area contributed by atoms with Crippen LogP contribution in [0.25, 0.3) is 11.5 Å². The molecule has 2 atom stereocenters. The van der Waals surface area contributed by atoms with E-state index in [1.807, 2.05) is 49.4 Å². The Hall–Kier alpha value is -3.12. The minimum absolute atomic E-state index is 0.0571. The van der Waals surface area contributed by atoms with Crippen LogP contribution in [-0.4, -0.2) is 31.2 Å². The molecule has 6 nitrogen and oxygen atoms in total. The quantitative estimate of drug-likeness (QED) is 0.552. The summed E-state index contributed by atoms with van der Waals surface area (Å²) in [5.41, 5.74) is 2.93. The van der Waals surface area contributed by atoms with Gasteiger partial charge in [0.15, 0.2) is 0 Å². The lowest BCUT2D eigenvalue weighted by molar-refractivity contribution is -0.146. The van der Waals surface area contributed by atoms with Gasteiger partial charge in [0.1, 0.15) is 23.8 Å². The normalized spacial score (nSPS) is 18.1. The molecule has 1 aliphatic rings. The summed E-state index contributed by atoms with van der Waals surface area (Å²) >= 11 is 0. The fourth-order valence-electron chi connectivity index (χ4n) is 4.02. The number of oxazole rings is 1. The topological polar surface area (TPSA) is 73.6 Å². The van der Waals surface area contributed by atoms with E-state index in [0.717, 1.165) is 42.2 Å². The van der Waals surface area contributed by atoms with Gasteiger partial charge in [0.25, 0.3) is 0 Å². The summed E-state index contributed by atoms with van der Waals surface area (Å²) in [5.74, 6) is 2.29. The SMILES string of the molecule is COC(=O)[C@H]1CNC[C@H]1CCc1cccc(OCc2nc(-c3ccccc3)oc2C)c1. The first-order chi connectivity index (χ1) is 15.1. The van der Waals surface area contributed by atoms with E-state index in [1.165, 1.54) is 12.7 Å². The van der Waals surface area contributed by atoms with Crippen molar-refractivity contribution in [2.45, 2.75) is 26.4 Å². The smallest absolute Gasteiger partial charge is 0.310 e. The Morgan fingerprint density at radius 2 is 2.00 bits per heavy atom. The van der Waals surface area contributed by atoms with Gasteiger partial charge in [0.05, 0.1) is 13.0 Å². The molecular formula is C25H28N2O4. The van der Waals surface area contributed by atoms with E-state index in [9.17, 15) is 4.79 Å². The van der Waals surface area contributed by atoms with E-state index in [2.05, 4.69) is 22.4 Å². The van der Waals surface area contributed by atoms with E-state index >= 15 is 0 Å². The van der Waals surface area contributed by atoms with E-state index in [4.69, 9.17) is 13.9 Å². The number of nitrogens with one attached hydrogen (secondary N) is 1. The lowest BCUT2D eigenvalue weighted by Gasteiger charge is -2.16. The minimum Gasteiger partial charge on any atom is -0.487 e. The summed E-state index contributed by atoms with van der Waals surface area (Å²) in [6.07, 6.45) is 1.82. The maximum Gasteiger partial charge on any atom is 0.310 e. The first kappa shape index (κ1) is 21.1. The van der Waals surface area contributed by atoms with Crippen LogP contribution in [0.3, 0.4) is 0 Å². The summed E-state index contributed by atoms with van der Waals surface area (Å²) in [6.45, 7) is 3.80. The van der Waals surface area contributed by atoms with E-state index in [1.54, 1.807) is 0 Å². The number of nitrogens with zero attached hydrogens (tertiary/aromatic N) is 1. The Morgan fingerprint density at radius 1 is 1.16 bits per heavy atom. The Balaban J connectivity index is 1.35. The highest BCUT2D eigenvalue weighted by Crippen LogP contribution is 2.26. The van der Waals surface area contributed by atoms with Gasteiger partial charge < -0.3 is 19.2 Å². The molecule has 2 heterocycles. The number of benzene rings is 2. The molecule has 0 saturated carbocycles. The van der Waals surface area contributed by atoms with Crippen molar-refractivity contribution in [1.29, 1.82) is 0 Å².